The predicted molar refractivity (Wildman–Crippen MR) is 316 cm³/mol. The number of anilines is 12. The van der Waals surface area contributed by atoms with E-state index in [1.54, 1.807) is 0 Å². The van der Waals surface area contributed by atoms with E-state index in [1.165, 1.54) is 98.3 Å². The largest absolute Gasteiger partial charge is 0.311 e. The van der Waals surface area contributed by atoms with Crippen LogP contribution in [0.1, 0.15) is 38.9 Å². The van der Waals surface area contributed by atoms with Gasteiger partial charge in [-0.15, -0.1) is 11.3 Å². The Kier molecular flexibility index (Phi) is 10.7. The lowest BCUT2D eigenvalue weighted by Crippen LogP contribution is -2.61. The van der Waals surface area contributed by atoms with Crippen LogP contribution in [0.2, 0.25) is 0 Å². The van der Waals surface area contributed by atoms with Gasteiger partial charge < -0.3 is 19.6 Å². The number of nitrogens with zero attached hydrogens (tertiary/aromatic N) is 4. The molecule has 0 bridgehead atoms. The molecule has 352 valence electrons. The van der Waals surface area contributed by atoms with E-state index in [1.807, 2.05) is 11.3 Å². The SMILES string of the molecule is Cc1ccc(N(c2ccc(C)cc2)c2cc3c4c(c2)N(c2ccc(C)cc2)c2c(cc(N(c5ccc(C)cc5)c5ccc(C)cc5)c5sc6ccccc6c25)B4c2cc(C)ccc2N3c2ccc(C)cc2)cc1. The molecule has 0 saturated heterocycles. The maximum absolute atomic E-state index is 2.62. The van der Waals surface area contributed by atoms with Gasteiger partial charge in [0.05, 0.1) is 21.8 Å². The highest BCUT2D eigenvalue weighted by molar-refractivity contribution is 7.26. The van der Waals surface area contributed by atoms with Gasteiger partial charge in [0.2, 0.25) is 0 Å². The summed E-state index contributed by atoms with van der Waals surface area (Å²) in [6.07, 6.45) is 0. The van der Waals surface area contributed by atoms with Crippen molar-refractivity contribution in [3.8, 4) is 0 Å². The highest BCUT2D eigenvalue weighted by Gasteiger charge is 2.46. The molecule has 1 aromatic heterocycles. The Bertz CT molecular complexity index is 3830. The highest BCUT2D eigenvalue weighted by Crippen LogP contribution is 2.54. The summed E-state index contributed by atoms with van der Waals surface area (Å²) < 4.78 is 2.51. The van der Waals surface area contributed by atoms with Crippen LogP contribution < -0.4 is 36.0 Å². The molecular weight excluding hydrogens is 904 g/mol. The van der Waals surface area contributed by atoms with Gasteiger partial charge in [-0.3, -0.25) is 0 Å². The summed E-state index contributed by atoms with van der Waals surface area (Å²) in [5.41, 5.74) is 26.2. The van der Waals surface area contributed by atoms with E-state index in [0.717, 1.165) is 45.5 Å². The molecule has 2 aliphatic rings. The first kappa shape index (κ1) is 44.6. The average molecular weight is 959 g/mol. The number of hydrogen-bond acceptors (Lipinski definition) is 5. The van der Waals surface area contributed by atoms with Gasteiger partial charge in [0.1, 0.15) is 0 Å². The van der Waals surface area contributed by atoms with E-state index in [2.05, 4.69) is 274 Å². The van der Waals surface area contributed by atoms with Crippen LogP contribution in [0.5, 0.6) is 0 Å². The van der Waals surface area contributed by atoms with E-state index >= 15 is 0 Å². The van der Waals surface area contributed by atoms with Crippen LogP contribution in [0.3, 0.4) is 0 Å². The molecule has 0 atom stereocenters. The van der Waals surface area contributed by atoms with Gasteiger partial charge in [-0.25, -0.2) is 0 Å². The molecule has 3 heterocycles. The molecule has 6 heteroatoms. The molecule has 73 heavy (non-hydrogen) atoms. The number of thiophene rings is 1. The third-order valence-corrected chi connectivity index (χ3v) is 16.2. The van der Waals surface area contributed by atoms with Gasteiger partial charge in [-0.2, -0.15) is 0 Å². The van der Waals surface area contributed by atoms with Crippen molar-refractivity contribution < 1.29 is 0 Å². The van der Waals surface area contributed by atoms with Crippen LogP contribution in [0, 0.1) is 48.5 Å². The zero-order valence-corrected chi connectivity index (χ0v) is 43.2. The lowest BCUT2D eigenvalue weighted by molar-refractivity contribution is 1.22. The predicted octanol–water partition coefficient (Wildman–Crippen LogP) is 17.2. The Morgan fingerprint density at radius 1 is 0.370 bits per heavy atom. The smallest absolute Gasteiger partial charge is 0.252 e. The van der Waals surface area contributed by atoms with Gasteiger partial charge in [-0.1, -0.05) is 142 Å². The summed E-state index contributed by atoms with van der Waals surface area (Å²) in [6.45, 7) is 15.2. The Morgan fingerprint density at radius 3 is 1.33 bits per heavy atom. The molecule has 0 amide bonds. The standard InChI is InChI=1S/C67H55BN4S/c1-42-12-25-49(26-13-42)69(50-27-14-43(2)15-28-50)55-39-60-65-61(40-55)72(54-35-22-47(6)23-36-54)66-58(68(65)57-38-48(7)24-37-59(57)71(60)53-33-20-46(5)21-34-53)41-62(67-64(66)56-10-8-9-11-63(56)73-67)70(51-29-16-44(3)17-30-51)52-31-18-45(4)19-32-52/h8-41H,1-7H3. The number of hydrogen-bond donors (Lipinski definition) is 0. The first-order valence-electron chi connectivity index (χ1n) is 25.4. The van der Waals surface area contributed by atoms with Crippen molar-refractivity contribution in [2.75, 3.05) is 19.6 Å². The van der Waals surface area contributed by atoms with E-state index in [9.17, 15) is 0 Å². The number of fused-ring (bicyclic) bond motifs is 8. The summed E-state index contributed by atoms with van der Waals surface area (Å²) in [5.74, 6) is 0. The third-order valence-electron chi connectivity index (χ3n) is 15.0. The van der Waals surface area contributed by atoms with Crippen molar-refractivity contribution in [2.24, 2.45) is 0 Å². The van der Waals surface area contributed by atoms with Crippen molar-refractivity contribution in [1.82, 2.24) is 0 Å². The molecule has 0 aliphatic carbocycles. The second kappa shape index (κ2) is 17.5. The fourth-order valence-corrected chi connectivity index (χ4v) is 12.5. The summed E-state index contributed by atoms with van der Waals surface area (Å²) in [7, 11) is 0. The van der Waals surface area contributed by atoms with E-state index < -0.39 is 0 Å². The lowest BCUT2D eigenvalue weighted by atomic mass is 9.33. The minimum atomic E-state index is -0.126. The molecule has 13 rings (SSSR count). The van der Waals surface area contributed by atoms with Gasteiger partial charge in [0.25, 0.3) is 6.71 Å². The van der Waals surface area contributed by atoms with Crippen molar-refractivity contribution in [1.29, 1.82) is 0 Å². The van der Waals surface area contributed by atoms with Crippen molar-refractivity contribution in [3.63, 3.8) is 0 Å². The minimum Gasteiger partial charge on any atom is -0.311 e. The molecule has 2 aliphatic heterocycles. The first-order valence-corrected chi connectivity index (χ1v) is 26.2. The van der Waals surface area contributed by atoms with Crippen LogP contribution >= 0.6 is 11.3 Å². The van der Waals surface area contributed by atoms with Crippen LogP contribution in [0.4, 0.5) is 68.2 Å². The summed E-state index contributed by atoms with van der Waals surface area (Å²) in [4.78, 5) is 10.1. The van der Waals surface area contributed by atoms with Crippen LogP contribution in [0.25, 0.3) is 20.2 Å². The molecule has 0 fully saturated rings. The molecule has 0 N–H and O–H groups in total. The molecule has 10 aromatic carbocycles. The third kappa shape index (κ3) is 7.51. The summed E-state index contributed by atoms with van der Waals surface area (Å²) >= 11 is 1.90. The molecule has 0 unspecified atom stereocenters. The topological polar surface area (TPSA) is 13.0 Å². The monoisotopic (exact) mass is 958 g/mol. The van der Waals surface area contributed by atoms with Crippen molar-refractivity contribution in [3.05, 3.63) is 245 Å². The molecule has 0 saturated carbocycles. The summed E-state index contributed by atoms with van der Waals surface area (Å²) in [5, 5.41) is 2.52. The zero-order chi connectivity index (χ0) is 49.6. The Hall–Kier alpha value is -8.32. The van der Waals surface area contributed by atoms with Crippen molar-refractivity contribution in [2.45, 2.75) is 48.5 Å². The second-order valence-corrected chi connectivity index (χ2v) is 21.4. The maximum atomic E-state index is 2.62. The first-order chi connectivity index (χ1) is 35.6. The van der Waals surface area contributed by atoms with Gasteiger partial charge in [-0.05, 0) is 168 Å². The van der Waals surface area contributed by atoms with E-state index in [4.69, 9.17) is 0 Å². The quantitative estimate of drug-likeness (QED) is 0.141. The normalized spacial score (nSPS) is 12.5. The van der Waals surface area contributed by atoms with Crippen LogP contribution in [-0.4, -0.2) is 6.71 Å². The number of benzene rings is 10. The summed E-state index contributed by atoms with van der Waals surface area (Å²) in [6, 6.07) is 78.1. The van der Waals surface area contributed by atoms with Gasteiger partial charge in [0.15, 0.2) is 0 Å². The number of rotatable bonds is 8. The second-order valence-electron chi connectivity index (χ2n) is 20.4. The highest BCUT2D eigenvalue weighted by atomic mass is 32.1. The van der Waals surface area contributed by atoms with Gasteiger partial charge >= 0.3 is 0 Å². The van der Waals surface area contributed by atoms with Crippen molar-refractivity contribution >= 4 is 123 Å². The van der Waals surface area contributed by atoms with Crippen LogP contribution in [-0.2, 0) is 0 Å². The molecule has 0 spiro atoms. The average Bonchev–Trinajstić information content (AvgIpc) is 3.80. The molecule has 4 nitrogen and oxygen atoms in total. The van der Waals surface area contributed by atoms with Crippen LogP contribution in [0.15, 0.2) is 206 Å². The Morgan fingerprint density at radius 2 is 0.808 bits per heavy atom. The van der Waals surface area contributed by atoms with Gasteiger partial charge in [0, 0.05) is 66.7 Å². The molecular formula is C67H55BN4S. The van der Waals surface area contributed by atoms with E-state index in [0.29, 0.717) is 0 Å². The zero-order valence-electron chi connectivity index (χ0n) is 42.4. The number of aryl methyl sites for hydroxylation is 7. The minimum absolute atomic E-state index is 0.126. The Labute approximate surface area is 433 Å². The Balaban J connectivity index is 1.21. The molecule has 0 radical (unpaired) electrons. The fourth-order valence-electron chi connectivity index (χ4n) is 11.3. The maximum Gasteiger partial charge on any atom is 0.252 e. The van der Waals surface area contributed by atoms with E-state index in [-0.39, 0.29) is 6.71 Å². The fraction of sp³-hybridized carbons (Fsp3) is 0.104. The lowest BCUT2D eigenvalue weighted by Gasteiger charge is -2.45. The molecule has 11 aromatic rings.